The topological polar surface area (TPSA) is 76.4 Å². The molecule has 30 heavy (non-hydrogen) atoms. The van der Waals surface area contributed by atoms with Gasteiger partial charge in [0.25, 0.3) is 5.91 Å². The normalized spacial score (nSPS) is 12.4. The van der Waals surface area contributed by atoms with Gasteiger partial charge in [0.05, 0.1) is 11.3 Å². The lowest BCUT2D eigenvalue weighted by Crippen LogP contribution is -2.35. The fourth-order valence-corrected chi connectivity index (χ4v) is 2.68. The molecule has 0 fully saturated rings. The highest BCUT2D eigenvalue weighted by molar-refractivity contribution is 6.30. The Morgan fingerprint density at radius 1 is 1.20 bits per heavy atom. The van der Waals surface area contributed by atoms with Gasteiger partial charge in [0, 0.05) is 17.8 Å². The van der Waals surface area contributed by atoms with Crippen LogP contribution in [0, 0.1) is 0 Å². The highest BCUT2D eigenvalue weighted by Gasteiger charge is 2.30. The van der Waals surface area contributed by atoms with Gasteiger partial charge in [0.15, 0.2) is 5.69 Å². The van der Waals surface area contributed by atoms with Gasteiger partial charge in [-0.1, -0.05) is 17.7 Å². The Kier molecular flexibility index (Phi) is 6.63. The molecule has 0 radical (unpaired) electrons. The van der Waals surface area contributed by atoms with Gasteiger partial charge in [-0.3, -0.25) is 4.79 Å². The third kappa shape index (κ3) is 5.74. The maximum Gasteiger partial charge on any atom is 0.416 e. The molecular formula is C20H17ClF3N3O3. The summed E-state index contributed by atoms with van der Waals surface area (Å²) < 4.78 is 44.3. The van der Waals surface area contributed by atoms with Crippen molar-refractivity contribution in [1.82, 2.24) is 15.1 Å². The number of aromatic nitrogens is 2. The SMILES string of the molecule is O=C(NCC(O)COc1ccc(C(F)(F)F)cc1)c1ccn(-c2cccc(Cl)c2)n1. The van der Waals surface area contributed by atoms with Crippen molar-refractivity contribution in [3.8, 4) is 11.4 Å². The predicted octanol–water partition coefficient (Wildman–Crippen LogP) is 3.71. The molecule has 0 aliphatic carbocycles. The van der Waals surface area contributed by atoms with E-state index in [9.17, 15) is 23.1 Å². The molecule has 0 aliphatic rings. The van der Waals surface area contributed by atoms with Gasteiger partial charge in [-0.05, 0) is 48.5 Å². The molecule has 3 rings (SSSR count). The van der Waals surface area contributed by atoms with Crippen molar-refractivity contribution in [3.63, 3.8) is 0 Å². The van der Waals surface area contributed by atoms with Gasteiger partial charge in [-0.15, -0.1) is 0 Å². The minimum atomic E-state index is -4.43. The van der Waals surface area contributed by atoms with E-state index in [-0.39, 0.29) is 24.6 Å². The highest BCUT2D eigenvalue weighted by atomic mass is 35.5. The molecule has 0 aliphatic heterocycles. The van der Waals surface area contributed by atoms with Gasteiger partial charge in [0.2, 0.25) is 0 Å². The number of rotatable bonds is 7. The first-order valence-corrected chi connectivity index (χ1v) is 9.18. The van der Waals surface area contributed by atoms with Crippen molar-refractivity contribution in [2.75, 3.05) is 13.2 Å². The summed E-state index contributed by atoms with van der Waals surface area (Å²) >= 11 is 5.94. The van der Waals surface area contributed by atoms with E-state index in [0.29, 0.717) is 10.7 Å². The Balaban J connectivity index is 1.48. The van der Waals surface area contributed by atoms with Crippen LogP contribution in [-0.4, -0.2) is 40.0 Å². The molecule has 1 unspecified atom stereocenters. The van der Waals surface area contributed by atoms with Crippen LogP contribution >= 0.6 is 11.6 Å². The molecule has 158 valence electrons. The molecule has 2 aromatic carbocycles. The molecule has 6 nitrogen and oxygen atoms in total. The number of carbonyl (C=O) groups is 1. The van der Waals surface area contributed by atoms with Crippen LogP contribution < -0.4 is 10.1 Å². The Labute approximate surface area is 174 Å². The quantitative estimate of drug-likeness (QED) is 0.588. The summed E-state index contributed by atoms with van der Waals surface area (Å²) in [6, 6.07) is 12.6. The number of hydrogen-bond acceptors (Lipinski definition) is 4. The van der Waals surface area contributed by atoms with Crippen LogP contribution in [0.15, 0.2) is 60.8 Å². The average Bonchev–Trinajstić information content (AvgIpc) is 3.20. The van der Waals surface area contributed by atoms with Gasteiger partial charge < -0.3 is 15.2 Å². The standard InChI is InChI=1S/C20H17ClF3N3O3/c21-14-2-1-3-15(10-14)27-9-8-18(26-27)19(29)25-11-16(28)12-30-17-6-4-13(5-7-17)20(22,23)24/h1-10,16,28H,11-12H2,(H,25,29). The number of alkyl halides is 3. The van der Waals surface area contributed by atoms with Crippen LogP contribution in [0.4, 0.5) is 13.2 Å². The number of aliphatic hydroxyl groups excluding tert-OH is 1. The summed E-state index contributed by atoms with van der Waals surface area (Å²) in [5.74, 6) is -0.321. The lowest BCUT2D eigenvalue weighted by Gasteiger charge is -2.13. The van der Waals surface area contributed by atoms with E-state index in [1.54, 1.807) is 30.5 Å². The summed E-state index contributed by atoms with van der Waals surface area (Å²) in [6.07, 6.45) is -3.89. The lowest BCUT2D eigenvalue weighted by atomic mass is 10.2. The zero-order chi connectivity index (χ0) is 21.7. The van der Waals surface area contributed by atoms with E-state index in [0.717, 1.165) is 24.3 Å². The summed E-state index contributed by atoms with van der Waals surface area (Å²) in [6.45, 7) is -0.327. The number of hydrogen-bond donors (Lipinski definition) is 2. The number of nitrogens with one attached hydrogen (secondary N) is 1. The minimum absolute atomic E-state index is 0.122. The minimum Gasteiger partial charge on any atom is -0.491 e. The molecule has 0 saturated heterocycles. The van der Waals surface area contributed by atoms with Gasteiger partial charge in [-0.2, -0.15) is 18.3 Å². The summed E-state index contributed by atoms with van der Waals surface area (Å²) in [5, 5.41) is 17.2. The number of amides is 1. The Morgan fingerprint density at radius 3 is 2.60 bits per heavy atom. The number of benzene rings is 2. The second kappa shape index (κ2) is 9.19. The first kappa shape index (κ1) is 21.7. The molecule has 1 aromatic heterocycles. The monoisotopic (exact) mass is 439 g/mol. The second-order valence-electron chi connectivity index (χ2n) is 6.32. The van der Waals surface area contributed by atoms with Crippen LogP contribution in [0.25, 0.3) is 5.69 Å². The molecule has 10 heteroatoms. The van der Waals surface area contributed by atoms with Crippen LogP contribution in [-0.2, 0) is 6.18 Å². The average molecular weight is 440 g/mol. The zero-order valence-corrected chi connectivity index (χ0v) is 16.2. The first-order valence-electron chi connectivity index (χ1n) is 8.80. The highest BCUT2D eigenvalue weighted by Crippen LogP contribution is 2.30. The van der Waals surface area contributed by atoms with E-state index in [1.165, 1.54) is 10.7 Å². The number of ether oxygens (including phenoxy) is 1. The molecule has 0 spiro atoms. The summed E-state index contributed by atoms with van der Waals surface area (Å²) in [5.41, 5.74) is 0.0391. The molecular weight excluding hydrogens is 423 g/mol. The third-order valence-electron chi connectivity index (χ3n) is 4.02. The Bertz CT molecular complexity index is 1010. The first-order chi connectivity index (χ1) is 14.2. The molecule has 2 N–H and O–H groups in total. The maximum absolute atomic E-state index is 12.5. The Hall–Kier alpha value is -3.04. The number of carbonyl (C=O) groups excluding carboxylic acids is 1. The van der Waals surface area contributed by atoms with Crippen molar-refractivity contribution in [3.05, 3.63) is 77.1 Å². The fourth-order valence-electron chi connectivity index (χ4n) is 2.50. The zero-order valence-electron chi connectivity index (χ0n) is 15.4. The van der Waals surface area contributed by atoms with E-state index in [4.69, 9.17) is 16.3 Å². The van der Waals surface area contributed by atoms with Crippen molar-refractivity contribution in [1.29, 1.82) is 0 Å². The van der Waals surface area contributed by atoms with Gasteiger partial charge >= 0.3 is 6.18 Å². The van der Waals surface area contributed by atoms with E-state index in [2.05, 4.69) is 10.4 Å². The maximum atomic E-state index is 12.5. The van der Waals surface area contributed by atoms with Crippen molar-refractivity contribution >= 4 is 17.5 Å². The van der Waals surface area contributed by atoms with Crippen molar-refractivity contribution in [2.45, 2.75) is 12.3 Å². The van der Waals surface area contributed by atoms with Gasteiger partial charge in [0.1, 0.15) is 18.5 Å². The third-order valence-corrected chi connectivity index (χ3v) is 4.25. The molecule has 1 atom stereocenters. The molecule has 1 amide bonds. The molecule has 3 aromatic rings. The smallest absolute Gasteiger partial charge is 0.416 e. The number of halogens is 4. The van der Waals surface area contributed by atoms with Crippen LogP contribution in [0.1, 0.15) is 16.1 Å². The fraction of sp³-hybridized carbons (Fsp3) is 0.200. The second-order valence-corrected chi connectivity index (χ2v) is 6.76. The van der Waals surface area contributed by atoms with Crippen LogP contribution in [0.3, 0.4) is 0 Å². The van der Waals surface area contributed by atoms with Crippen molar-refractivity contribution in [2.24, 2.45) is 0 Å². The Morgan fingerprint density at radius 2 is 1.93 bits per heavy atom. The van der Waals surface area contributed by atoms with E-state index < -0.39 is 23.8 Å². The van der Waals surface area contributed by atoms with E-state index >= 15 is 0 Å². The summed E-state index contributed by atoms with van der Waals surface area (Å²) in [7, 11) is 0. The number of aliphatic hydroxyl groups is 1. The number of nitrogens with zero attached hydrogens (tertiary/aromatic N) is 2. The van der Waals surface area contributed by atoms with Crippen LogP contribution in [0.5, 0.6) is 5.75 Å². The molecule has 0 saturated carbocycles. The molecule has 0 bridgehead atoms. The lowest BCUT2D eigenvalue weighted by molar-refractivity contribution is -0.137. The largest absolute Gasteiger partial charge is 0.491 e. The van der Waals surface area contributed by atoms with Crippen molar-refractivity contribution < 1.29 is 27.8 Å². The van der Waals surface area contributed by atoms with Crippen LogP contribution in [0.2, 0.25) is 5.02 Å². The summed E-state index contributed by atoms with van der Waals surface area (Å²) in [4.78, 5) is 12.2. The van der Waals surface area contributed by atoms with Gasteiger partial charge in [-0.25, -0.2) is 4.68 Å². The molecule has 1 heterocycles. The van der Waals surface area contributed by atoms with E-state index in [1.807, 2.05) is 0 Å². The predicted molar refractivity (Wildman–Crippen MR) is 104 cm³/mol.